The van der Waals surface area contributed by atoms with Crippen molar-refractivity contribution in [2.45, 2.75) is 90.4 Å². The Morgan fingerprint density at radius 3 is 2.36 bits per heavy atom. The van der Waals surface area contributed by atoms with Crippen LogP contribution in [0.5, 0.6) is 0 Å². The lowest BCUT2D eigenvalue weighted by molar-refractivity contribution is 0.302. The van der Waals surface area contributed by atoms with Crippen molar-refractivity contribution in [3.05, 3.63) is 94.8 Å². The smallest absolute Gasteiger partial charge is 0.134 e. The topological polar surface area (TPSA) is 0 Å². The lowest BCUT2D eigenvalue weighted by Gasteiger charge is -2.29. The molecule has 188 valence electrons. The highest BCUT2D eigenvalue weighted by atomic mass is 19.1. The molecule has 0 radical (unpaired) electrons. The molecular weight excluding hydrogens is 439 g/mol. The molecule has 0 saturated heterocycles. The van der Waals surface area contributed by atoms with Gasteiger partial charge in [0.1, 0.15) is 5.82 Å². The second kappa shape index (κ2) is 13.5. The average molecular weight is 481 g/mol. The van der Waals surface area contributed by atoms with Gasteiger partial charge in [-0.3, -0.25) is 0 Å². The third-order valence-corrected chi connectivity index (χ3v) is 7.90. The van der Waals surface area contributed by atoms with E-state index in [1.54, 1.807) is 0 Å². The van der Waals surface area contributed by atoms with E-state index < -0.39 is 0 Å². The molecule has 4 rings (SSSR count). The molecule has 0 spiro atoms. The van der Waals surface area contributed by atoms with Crippen molar-refractivity contribution in [3.63, 3.8) is 0 Å². The number of unbranched alkanes of at least 4 members (excludes halogenated alkanes) is 3. The van der Waals surface area contributed by atoms with E-state index in [4.69, 9.17) is 0 Å². The average Bonchev–Trinajstić information content (AvgIpc) is 2.92. The number of hydrogen-bond donors (Lipinski definition) is 0. The standard InChI is InChI=1S/C35H41F/c1-3-5-7-9-10-27-14-19-30(20-15-27)31-21-16-28(17-22-31)12-13-29-18-25-34-33(26-29)24-23-32(35(34)36)11-8-6-4-2/h4,6,16-18,21-27,30H,3,5,7-11,14-15,19-20H2,1-2H3/b6-4+. The highest BCUT2D eigenvalue weighted by Crippen LogP contribution is 2.37. The second-order valence-corrected chi connectivity index (χ2v) is 10.5. The first-order valence-electron chi connectivity index (χ1n) is 14.1. The molecule has 1 aliphatic rings. The van der Waals surface area contributed by atoms with E-state index in [2.05, 4.69) is 49.1 Å². The van der Waals surface area contributed by atoms with Gasteiger partial charge in [-0.15, -0.1) is 0 Å². The highest BCUT2D eigenvalue weighted by Gasteiger charge is 2.21. The fourth-order valence-electron chi connectivity index (χ4n) is 5.64. The number of benzene rings is 3. The summed E-state index contributed by atoms with van der Waals surface area (Å²) in [6.45, 7) is 4.28. The summed E-state index contributed by atoms with van der Waals surface area (Å²) in [6, 6.07) is 18.6. The molecule has 0 nitrogen and oxygen atoms in total. The van der Waals surface area contributed by atoms with Crippen LogP contribution in [0.2, 0.25) is 0 Å². The van der Waals surface area contributed by atoms with Gasteiger partial charge in [-0.25, -0.2) is 4.39 Å². The fourth-order valence-corrected chi connectivity index (χ4v) is 5.64. The van der Waals surface area contributed by atoms with E-state index in [1.807, 2.05) is 43.3 Å². The monoisotopic (exact) mass is 480 g/mol. The Bertz CT molecular complexity index is 1200. The zero-order valence-corrected chi connectivity index (χ0v) is 22.2. The normalized spacial score (nSPS) is 17.9. The Kier molecular flexibility index (Phi) is 9.80. The summed E-state index contributed by atoms with van der Waals surface area (Å²) < 4.78 is 14.9. The molecule has 1 heteroatoms. The SMILES string of the molecule is C/C=C/CCc1ccc2cc(C#Cc3ccc(C4CCC(CCCCCC)CC4)cc3)ccc2c1F. The summed E-state index contributed by atoms with van der Waals surface area (Å²) in [5.74, 6) is 8.14. The molecule has 0 amide bonds. The first-order valence-corrected chi connectivity index (χ1v) is 14.1. The van der Waals surface area contributed by atoms with Gasteiger partial charge in [0.05, 0.1) is 0 Å². The van der Waals surface area contributed by atoms with Gasteiger partial charge in [0.2, 0.25) is 0 Å². The maximum absolute atomic E-state index is 14.9. The van der Waals surface area contributed by atoms with Crippen LogP contribution < -0.4 is 0 Å². The number of fused-ring (bicyclic) bond motifs is 1. The number of halogens is 1. The van der Waals surface area contributed by atoms with Crippen LogP contribution in [0.1, 0.15) is 106 Å². The lowest BCUT2D eigenvalue weighted by Crippen LogP contribution is -2.13. The second-order valence-electron chi connectivity index (χ2n) is 10.5. The Balaban J connectivity index is 1.35. The summed E-state index contributed by atoms with van der Waals surface area (Å²) >= 11 is 0. The number of hydrogen-bond acceptors (Lipinski definition) is 0. The zero-order chi connectivity index (χ0) is 25.2. The highest BCUT2D eigenvalue weighted by molar-refractivity contribution is 5.85. The quantitative estimate of drug-likeness (QED) is 0.162. The van der Waals surface area contributed by atoms with Crippen molar-refractivity contribution in [1.82, 2.24) is 0 Å². The van der Waals surface area contributed by atoms with Crippen molar-refractivity contribution in [2.75, 3.05) is 0 Å². The molecule has 3 aromatic rings. The largest absolute Gasteiger partial charge is 0.206 e. The molecule has 0 aromatic heterocycles. The van der Waals surface area contributed by atoms with Crippen LogP contribution in [0.25, 0.3) is 10.8 Å². The van der Waals surface area contributed by atoms with Crippen LogP contribution in [0.15, 0.2) is 66.7 Å². The van der Waals surface area contributed by atoms with Crippen molar-refractivity contribution in [1.29, 1.82) is 0 Å². The molecule has 0 N–H and O–H groups in total. The Morgan fingerprint density at radius 2 is 1.61 bits per heavy atom. The molecule has 1 aliphatic carbocycles. The summed E-state index contributed by atoms with van der Waals surface area (Å²) in [5, 5.41) is 1.59. The molecule has 1 saturated carbocycles. The van der Waals surface area contributed by atoms with Gasteiger partial charge in [0, 0.05) is 16.5 Å². The van der Waals surface area contributed by atoms with Gasteiger partial charge in [-0.05, 0) is 98.1 Å². The van der Waals surface area contributed by atoms with Crippen LogP contribution >= 0.6 is 0 Å². The first-order chi connectivity index (χ1) is 17.7. The summed E-state index contributed by atoms with van der Waals surface area (Å²) in [6.07, 6.45) is 18.1. The van der Waals surface area contributed by atoms with Crippen LogP contribution in [0.3, 0.4) is 0 Å². The van der Waals surface area contributed by atoms with Crippen molar-refractivity contribution in [2.24, 2.45) is 5.92 Å². The Hall–Kier alpha value is -2.85. The van der Waals surface area contributed by atoms with Gasteiger partial charge in [-0.2, -0.15) is 0 Å². The van der Waals surface area contributed by atoms with E-state index in [9.17, 15) is 4.39 Å². The summed E-state index contributed by atoms with van der Waals surface area (Å²) in [7, 11) is 0. The minimum absolute atomic E-state index is 0.0994. The van der Waals surface area contributed by atoms with Gasteiger partial charge >= 0.3 is 0 Å². The molecule has 0 heterocycles. The number of rotatable bonds is 9. The van der Waals surface area contributed by atoms with E-state index in [-0.39, 0.29) is 5.82 Å². The van der Waals surface area contributed by atoms with Crippen molar-refractivity contribution < 1.29 is 4.39 Å². The Morgan fingerprint density at radius 1 is 0.861 bits per heavy atom. The molecule has 0 bridgehead atoms. The summed E-state index contributed by atoms with van der Waals surface area (Å²) in [4.78, 5) is 0. The number of aryl methyl sites for hydroxylation is 1. The van der Waals surface area contributed by atoms with E-state index in [0.29, 0.717) is 11.3 Å². The van der Waals surface area contributed by atoms with Crippen molar-refractivity contribution in [3.8, 4) is 11.8 Å². The molecule has 0 atom stereocenters. The van der Waals surface area contributed by atoms with Crippen LogP contribution in [0.4, 0.5) is 4.39 Å². The van der Waals surface area contributed by atoms with E-state index >= 15 is 0 Å². The predicted molar refractivity (Wildman–Crippen MR) is 153 cm³/mol. The zero-order valence-electron chi connectivity index (χ0n) is 22.2. The maximum Gasteiger partial charge on any atom is 0.134 e. The van der Waals surface area contributed by atoms with Gasteiger partial charge < -0.3 is 0 Å². The minimum Gasteiger partial charge on any atom is -0.206 e. The molecule has 0 aliphatic heterocycles. The van der Waals surface area contributed by atoms with E-state index in [1.165, 1.54) is 63.4 Å². The van der Waals surface area contributed by atoms with Crippen molar-refractivity contribution >= 4 is 10.8 Å². The molecular formula is C35H41F. The molecule has 0 unspecified atom stereocenters. The van der Waals surface area contributed by atoms with Gasteiger partial charge in [-0.1, -0.05) is 93.4 Å². The van der Waals surface area contributed by atoms with Gasteiger partial charge in [0.25, 0.3) is 0 Å². The third kappa shape index (κ3) is 7.10. The maximum atomic E-state index is 14.9. The van der Waals surface area contributed by atoms with Crippen LogP contribution in [0, 0.1) is 23.6 Å². The molecule has 1 fully saturated rings. The number of allylic oxidation sites excluding steroid dienone is 2. The van der Waals surface area contributed by atoms with E-state index in [0.717, 1.165) is 40.8 Å². The predicted octanol–water partition coefficient (Wildman–Crippen LogP) is 10.1. The fraction of sp³-hybridized carbons (Fsp3) is 0.429. The van der Waals surface area contributed by atoms with Gasteiger partial charge in [0.15, 0.2) is 0 Å². The first kappa shape index (κ1) is 26.2. The Labute approximate surface area is 218 Å². The lowest BCUT2D eigenvalue weighted by atomic mass is 9.77. The molecule has 3 aromatic carbocycles. The van der Waals surface area contributed by atoms with Crippen LogP contribution in [-0.2, 0) is 6.42 Å². The van der Waals surface area contributed by atoms with Crippen LogP contribution in [-0.4, -0.2) is 0 Å². The molecule has 36 heavy (non-hydrogen) atoms. The minimum atomic E-state index is -0.0994. The summed E-state index contributed by atoms with van der Waals surface area (Å²) in [5.41, 5.74) is 4.20. The third-order valence-electron chi connectivity index (χ3n) is 7.90.